The lowest BCUT2D eigenvalue weighted by Crippen LogP contribution is -2.30. The van der Waals surface area contributed by atoms with Gasteiger partial charge in [-0.15, -0.1) is 0 Å². The van der Waals surface area contributed by atoms with E-state index in [2.05, 4.69) is 0 Å². The summed E-state index contributed by atoms with van der Waals surface area (Å²) in [5, 5.41) is 27.6. The first-order valence-corrected chi connectivity index (χ1v) is 4.24. The van der Waals surface area contributed by atoms with Gasteiger partial charge in [-0.05, 0) is 6.42 Å². The molecule has 0 bridgehead atoms. The number of rotatable bonds is 6. The van der Waals surface area contributed by atoms with Crippen LogP contribution in [0.1, 0.15) is 20.3 Å². The Labute approximate surface area is 81.7 Å². The van der Waals surface area contributed by atoms with Crippen LogP contribution in [0.25, 0.3) is 0 Å². The largest absolute Gasteiger partial charge is 0.481 e. The van der Waals surface area contributed by atoms with Crippen molar-refractivity contribution in [3.8, 4) is 0 Å². The van der Waals surface area contributed by atoms with Crippen LogP contribution in [-0.2, 0) is 4.79 Å². The van der Waals surface area contributed by atoms with Crippen LogP contribution in [0.3, 0.4) is 0 Å². The van der Waals surface area contributed by atoms with Crippen LogP contribution in [-0.4, -0.2) is 34.3 Å². The van der Waals surface area contributed by atoms with E-state index in [0.717, 1.165) is 0 Å². The number of aliphatic hydroxyl groups excluding tert-OH is 1. The molecular formula is C8H15NO5. The molecule has 1 atom stereocenters. The van der Waals surface area contributed by atoms with E-state index in [1.807, 2.05) is 0 Å². The second-order valence-electron chi connectivity index (χ2n) is 4.08. The third-order valence-electron chi connectivity index (χ3n) is 1.93. The van der Waals surface area contributed by atoms with E-state index in [0.29, 0.717) is 0 Å². The average Bonchev–Trinajstić information content (AvgIpc) is 1.97. The van der Waals surface area contributed by atoms with Crippen LogP contribution < -0.4 is 0 Å². The molecule has 1 unspecified atom stereocenters. The topological polar surface area (TPSA) is 101 Å². The number of hydrogen-bond donors (Lipinski definition) is 2. The molecule has 14 heavy (non-hydrogen) atoms. The molecule has 82 valence electrons. The predicted molar refractivity (Wildman–Crippen MR) is 48.5 cm³/mol. The van der Waals surface area contributed by atoms with E-state index in [-0.39, 0.29) is 13.0 Å². The zero-order valence-corrected chi connectivity index (χ0v) is 8.27. The maximum absolute atomic E-state index is 10.6. The zero-order chi connectivity index (χ0) is 11.4. The SMILES string of the molecule is CC(C)(CC(CO)C(=O)O)C[N+](=O)[O-]. The fourth-order valence-corrected chi connectivity index (χ4v) is 1.31. The molecule has 0 amide bonds. The number of hydrogen-bond acceptors (Lipinski definition) is 4. The first kappa shape index (κ1) is 12.8. The number of aliphatic hydroxyl groups is 1. The monoisotopic (exact) mass is 205 g/mol. The van der Waals surface area contributed by atoms with Gasteiger partial charge in [-0.2, -0.15) is 0 Å². The summed E-state index contributed by atoms with van der Waals surface area (Å²) in [5.74, 6) is -2.05. The van der Waals surface area contributed by atoms with Crippen molar-refractivity contribution in [3.05, 3.63) is 10.1 Å². The maximum atomic E-state index is 10.6. The number of nitrogens with zero attached hydrogens (tertiary/aromatic N) is 1. The molecule has 2 N–H and O–H groups in total. The summed E-state index contributed by atoms with van der Waals surface area (Å²) in [6.07, 6.45) is 0.0970. The highest BCUT2D eigenvalue weighted by atomic mass is 16.6. The van der Waals surface area contributed by atoms with E-state index in [1.165, 1.54) is 0 Å². The normalized spacial score (nSPS) is 13.6. The number of carboxylic acids is 1. The molecule has 0 saturated heterocycles. The lowest BCUT2D eigenvalue weighted by atomic mass is 9.83. The van der Waals surface area contributed by atoms with Gasteiger partial charge >= 0.3 is 5.97 Å². The summed E-state index contributed by atoms with van der Waals surface area (Å²) >= 11 is 0. The molecule has 0 aromatic heterocycles. The van der Waals surface area contributed by atoms with Crippen molar-refractivity contribution in [2.24, 2.45) is 11.3 Å². The average molecular weight is 205 g/mol. The first-order chi connectivity index (χ1) is 6.28. The number of aliphatic carboxylic acids is 1. The summed E-state index contributed by atoms with van der Waals surface area (Å²) in [4.78, 5) is 20.3. The fourth-order valence-electron chi connectivity index (χ4n) is 1.31. The second-order valence-corrected chi connectivity index (χ2v) is 4.08. The van der Waals surface area contributed by atoms with Crippen molar-refractivity contribution in [2.45, 2.75) is 20.3 Å². The first-order valence-electron chi connectivity index (χ1n) is 4.24. The van der Waals surface area contributed by atoms with Gasteiger partial charge in [0.1, 0.15) is 0 Å². The summed E-state index contributed by atoms with van der Waals surface area (Å²) in [7, 11) is 0. The molecule has 0 rings (SSSR count). The van der Waals surface area contributed by atoms with Gasteiger partial charge in [-0.25, -0.2) is 0 Å². The zero-order valence-electron chi connectivity index (χ0n) is 8.27. The Balaban J connectivity index is 4.31. The van der Waals surface area contributed by atoms with E-state index < -0.39 is 28.8 Å². The lowest BCUT2D eigenvalue weighted by Gasteiger charge is -2.22. The van der Waals surface area contributed by atoms with Crippen molar-refractivity contribution in [3.63, 3.8) is 0 Å². The van der Waals surface area contributed by atoms with Gasteiger partial charge in [-0.1, -0.05) is 13.8 Å². The highest BCUT2D eigenvalue weighted by molar-refractivity contribution is 5.70. The number of carboxylic acid groups (broad SMARTS) is 1. The summed E-state index contributed by atoms with van der Waals surface area (Å²) < 4.78 is 0. The Morgan fingerprint density at radius 1 is 1.57 bits per heavy atom. The standard InChI is InChI=1S/C8H15NO5/c1-8(2,5-9(13)14)3-6(4-10)7(11)12/h6,10H,3-5H2,1-2H3,(H,11,12). The molecule has 6 heteroatoms. The van der Waals surface area contributed by atoms with Crippen molar-refractivity contribution in [1.82, 2.24) is 0 Å². The highest BCUT2D eigenvalue weighted by Gasteiger charge is 2.31. The Bertz CT molecular complexity index is 226. The Hall–Kier alpha value is -1.17. The van der Waals surface area contributed by atoms with Crippen molar-refractivity contribution in [1.29, 1.82) is 0 Å². The van der Waals surface area contributed by atoms with E-state index in [9.17, 15) is 14.9 Å². The third-order valence-corrected chi connectivity index (χ3v) is 1.93. The minimum atomic E-state index is -1.12. The van der Waals surface area contributed by atoms with Crippen LogP contribution in [0, 0.1) is 21.4 Å². The molecule has 0 saturated carbocycles. The smallest absolute Gasteiger partial charge is 0.308 e. The Morgan fingerprint density at radius 3 is 2.36 bits per heavy atom. The third kappa shape index (κ3) is 4.76. The second kappa shape index (κ2) is 4.90. The Kier molecular flexibility index (Phi) is 4.49. The van der Waals surface area contributed by atoms with Gasteiger partial charge < -0.3 is 10.2 Å². The van der Waals surface area contributed by atoms with Crippen LogP contribution in [0.2, 0.25) is 0 Å². The fraction of sp³-hybridized carbons (Fsp3) is 0.875. The van der Waals surface area contributed by atoms with Crippen molar-refractivity contribution in [2.75, 3.05) is 13.2 Å². The molecule has 0 aliphatic heterocycles. The van der Waals surface area contributed by atoms with Crippen molar-refractivity contribution >= 4 is 5.97 Å². The van der Waals surface area contributed by atoms with Gasteiger partial charge in [0.05, 0.1) is 12.5 Å². The molecule has 6 nitrogen and oxygen atoms in total. The van der Waals surface area contributed by atoms with E-state index in [1.54, 1.807) is 13.8 Å². The molecular weight excluding hydrogens is 190 g/mol. The van der Waals surface area contributed by atoms with Crippen molar-refractivity contribution < 1.29 is 19.9 Å². The lowest BCUT2D eigenvalue weighted by molar-refractivity contribution is -0.496. The molecule has 0 aromatic carbocycles. The van der Waals surface area contributed by atoms with E-state index >= 15 is 0 Å². The molecule has 0 radical (unpaired) electrons. The molecule has 0 fully saturated rings. The number of carbonyl (C=O) groups is 1. The van der Waals surface area contributed by atoms with E-state index in [4.69, 9.17) is 10.2 Å². The molecule has 0 aliphatic carbocycles. The molecule has 0 aliphatic rings. The minimum Gasteiger partial charge on any atom is -0.481 e. The predicted octanol–water partition coefficient (Wildman–Crippen LogP) is 0.373. The Morgan fingerprint density at radius 2 is 2.07 bits per heavy atom. The molecule has 0 aromatic rings. The van der Waals surface area contributed by atoms with Gasteiger partial charge in [0.15, 0.2) is 0 Å². The van der Waals surface area contributed by atoms with Crippen LogP contribution >= 0.6 is 0 Å². The summed E-state index contributed by atoms with van der Waals surface area (Å²) in [5.41, 5.74) is -0.713. The molecule has 0 heterocycles. The quantitative estimate of drug-likeness (QED) is 0.482. The van der Waals surface area contributed by atoms with Crippen LogP contribution in [0.15, 0.2) is 0 Å². The number of nitro groups is 1. The van der Waals surface area contributed by atoms with Crippen LogP contribution in [0.5, 0.6) is 0 Å². The maximum Gasteiger partial charge on any atom is 0.308 e. The summed E-state index contributed by atoms with van der Waals surface area (Å²) in [6.45, 7) is 2.44. The minimum absolute atomic E-state index is 0.0970. The van der Waals surface area contributed by atoms with Gasteiger partial charge in [-0.3, -0.25) is 14.9 Å². The van der Waals surface area contributed by atoms with Gasteiger partial charge in [0.25, 0.3) is 0 Å². The highest BCUT2D eigenvalue weighted by Crippen LogP contribution is 2.25. The van der Waals surface area contributed by atoms with Gasteiger partial charge in [0.2, 0.25) is 6.54 Å². The molecule has 0 spiro atoms. The summed E-state index contributed by atoms with van der Waals surface area (Å²) in [6, 6.07) is 0. The van der Waals surface area contributed by atoms with Gasteiger partial charge in [0, 0.05) is 10.3 Å². The van der Waals surface area contributed by atoms with Crippen LogP contribution in [0.4, 0.5) is 0 Å².